The van der Waals surface area contributed by atoms with Gasteiger partial charge in [-0.1, -0.05) is 78.0 Å². The molecule has 0 unspecified atom stereocenters. The Morgan fingerprint density at radius 1 is 0.967 bits per heavy atom. The second kappa shape index (κ2) is 8.41. The number of carboxylic acid groups (broad SMARTS) is 1. The van der Waals surface area contributed by atoms with Crippen LogP contribution in [0, 0.1) is 5.92 Å². The van der Waals surface area contributed by atoms with E-state index in [0.29, 0.717) is 11.5 Å². The first-order valence-corrected chi connectivity index (χ1v) is 11.2. The number of carbonyl (C=O) groups is 1. The topological polar surface area (TPSA) is 37.3 Å². The predicted molar refractivity (Wildman–Crippen MR) is 127 cm³/mol. The highest BCUT2D eigenvalue weighted by Crippen LogP contribution is 2.47. The van der Waals surface area contributed by atoms with Crippen LogP contribution in [0.15, 0.2) is 36.4 Å². The summed E-state index contributed by atoms with van der Waals surface area (Å²) in [6, 6.07) is 12.0. The van der Waals surface area contributed by atoms with Crippen molar-refractivity contribution in [2.75, 3.05) is 0 Å². The molecule has 0 saturated heterocycles. The van der Waals surface area contributed by atoms with Gasteiger partial charge in [0.15, 0.2) is 0 Å². The van der Waals surface area contributed by atoms with Gasteiger partial charge in [0.1, 0.15) is 0 Å². The molecule has 160 valence electrons. The van der Waals surface area contributed by atoms with E-state index < -0.39 is 5.97 Å². The maximum absolute atomic E-state index is 11.1. The van der Waals surface area contributed by atoms with Gasteiger partial charge in [0.05, 0.1) is 5.56 Å². The molecule has 1 aliphatic rings. The summed E-state index contributed by atoms with van der Waals surface area (Å²) in [6.07, 6.45) is 9.01. The average molecular weight is 405 g/mol. The quantitative estimate of drug-likeness (QED) is 0.506. The van der Waals surface area contributed by atoms with Crippen LogP contribution in [0.25, 0.3) is 12.2 Å². The molecule has 0 bridgehead atoms. The predicted octanol–water partition coefficient (Wildman–Crippen LogP) is 7.49. The van der Waals surface area contributed by atoms with Crippen LogP contribution in [-0.2, 0) is 17.3 Å². The molecule has 3 rings (SSSR count). The average Bonchev–Trinajstić information content (AvgIpc) is 2.68. The molecule has 0 spiro atoms. The van der Waals surface area contributed by atoms with E-state index in [9.17, 15) is 4.79 Å². The molecule has 2 heteroatoms. The van der Waals surface area contributed by atoms with E-state index in [1.54, 1.807) is 12.1 Å². The molecule has 0 radical (unpaired) electrons. The molecule has 2 nitrogen and oxygen atoms in total. The Hall–Kier alpha value is -2.35. The standard InChI is InChI=1S/C28H36O2/c1-19(2)7-11-22-17-24-25(28(5,6)16-15-27(24,3)4)18-23(22)14-10-20-8-12-21(13-9-20)26(29)30/h8-10,12-14,17-19H,7,11,15-16H2,1-6H3,(H,29,30)/b14-10+. The SMILES string of the molecule is CC(C)CCc1cc2c(cc1/C=C/c1ccc(C(=O)O)cc1)C(C)(C)CCC2(C)C. The van der Waals surface area contributed by atoms with Crippen molar-refractivity contribution in [2.24, 2.45) is 5.92 Å². The summed E-state index contributed by atoms with van der Waals surface area (Å²) < 4.78 is 0. The largest absolute Gasteiger partial charge is 0.478 e. The van der Waals surface area contributed by atoms with Gasteiger partial charge in [0, 0.05) is 0 Å². The Bertz CT molecular complexity index is 943. The highest BCUT2D eigenvalue weighted by Gasteiger charge is 2.37. The molecule has 2 aromatic carbocycles. The van der Waals surface area contributed by atoms with E-state index >= 15 is 0 Å². The molecule has 30 heavy (non-hydrogen) atoms. The van der Waals surface area contributed by atoms with E-state index in [2.05, 4.69) is 65.8 Å². The monoisotopic (exact) mass is 404 g/mol. The number of carboxylic acids is 1. The van der Waals surface area contributed by atoms with Crippen molar-refractivity contribution >= 4 is 18.1 Å². The summed E-state index contributed by atoms with van der Waals surface area (Å²) in [7, 11) is 0. The third-order valence-electron chi connectivity index (χ3n) is 6.72. The van der Waals surface area contributed by atoms with Crippen LogP contribution < -0.4 is 0 Å². The molecular weight excluding hydrogens is 368 g/mol. The number of fused-ring (bicyclic) bond motifs is 1. The second-order valence-corrected chi connectivity index (χ2v) is 10.6. The van der Waals surface area contributed by atoms with Crippen LogP contribution in [0.3, 0.4) is 0 Å². The molecular formula is C28H36O2. The number of aryl methyl sites for hydroxylation is 1. The number of hydrogen-bond acceptors (Lipinski definition) is 1. The van der Waals surface area contributed by atoms with Gasteiger partial charge in [-0.15, -0.1) is 0 Å². The summed E-state index contributed by atoms with van der Waals surface area (Å²) in [5, 5.41) is 9.11. The summed E-state index contributed by atoms with van der Waals surface area (Å²) in [5.41, 5.74) is 7.46. The fraction of sp³-hybridized carbons (Fsp3) is 0.464. The lowest BCUT2D eigenvalue weighted by atomic mass is 9.62. The van der Waals surface area contributed by atoms with Crippen LogP contribution in [0.2, 0.25) is 0 Å². The molecule has 0 heterocycles. The molecule has 0 aliphatic heterocycles. The van der Waals surface area contributed by atoms with Crippen molar-refractivity contribution in [2.45, 2.75) is 78.1 Å². The van der Waals surface area contributed by atoms with Gasteiger partial charge >= 0.3 is 5.97 Å². The van der Waals surface area contributed by atoms with Gasteiger partial charge in [-0.2, -0.15) is 0 Å². The fourth-order valence-electron chi connectivity index (χ4n) is 4.41. The third kappa shape index (κ3) is 4.86. The van der Waals surface area contributed by atoms with Crippen LogP contribution in [0.4, 0.5) is 0 Å². The summed E-state index contributed by atoms with van der Waals surface area (Å²) >= 11 is 0. The zero-order valence-electron chi connectivity index (χ0n) is 19.4. The van der Waals surface area contributed by atoms with Crippen LogP contribution in [0.1, 0.15) is 99.0 Å². The zero-order chi connectivity index (χ0) is 22.1. The van der Waals surface area contributed by atoms with Crippen LogP contribution >= 0.6 is 0 Å². The van der Waals surface area contributed by atoms with Gasteiger partial charge in [-0.3, -0.25) is 0 Å². The van der Waals surface area contributed by atoms with E-state index in [0.717, 1.165) is 12.0 Å². The van der Waals surface area contributed by atoms with Crippen LogP contribution in [0.5, 0.6) is 0 Å². The number of aromatic carboxylic acids is 1. The molecule has 0 aromatic heterocycles. The van der Waals surface area contributed by atoms with Crippen molar-refractivity contribution in [1.29, 1.82) is 0 Å². The number of hydrogen-bond donors (Lipinski definition) is 1. The minimum atomic E-state index is -0.888. The van der Waals surface area contributed by atoms with Gasteiger partial charge < -0.3 is 5.11 Å². The van der Waals surface area contributed by atoms with Crippen molar-refractivity contribution < 1.29 is 9.90 Å². The first-order chi connectivity index (χ1) is 14.0. The maximum Gasteiger partial charge on any atom is 0.335 e. The minimum absolute atomic E-state index is 0.188. The summed E-state index contributed by atoms with van der Waals surface area (Å²) in [5.74, 6) is -0.216. The lowest BCUT2D eigenvalue weighted by Crippen LogP contribution is -2.34. The molecule has 0 fully saturated rings. The van der Waals surface area contributed by atoms with Gasteiger partial charge in [-0.05, 0) is 82.4 Å². The van der Waals surface area contributed by atoms with Crippen LogP contribution in [-0.4, -0.2) is 11.1 Å². The summed E-state index contributed by atoms with van der Waals surface area (Å²) in [6.45, 7) is 14.1. The molecule has 1 aliphatic carbocycles. The lowest BCUT2D eigenvalue weighted by Gasteiger charge is -2.42. The van der Waals surface area contributed by atoms with Crippen molar-refractivity contribution in [3.8, 4) is 0 Å². The Labute approximate surface area is 182 Å². The lowest BCUT2D eigenvalue weighted by molar-refractivity contribution is 0.0697. The van der Waals surface area contributed by atoms with Gasteiger partial charge in [-0.25, -0.2) is 4.79 Å². The highest BCUT2D eigenvalue weighted by molar-refractivity contribution is 5.88. The molecule has 0 saturated carbocycles. The minimum Gasteiger partial charge on any atom is -0.478 e. The molecule has 0 amide bonds. The fourth-order valence-corrected chi connectivity index (χ4v) is 4.41. The summed E-state index contributed by atoms with van der Waals surface area (Å²) in [4.78, 5) is 11.1. The second-order valence-electron chi connectivity index (χ2n) is 10.6. The maximum atomic E-state index is 11.1. The third-order valence-corrected chi connectivity index (χ3v) is 6.72. The molecule has 1 N–H and O–H groups in total. The van der Waals surface area contributed by atoms with Crippen molar-refractivity contribution in [1.82, 2.24) is 0 Å². The Morgan fingerprint density at radius 2 is 1.53 bits per heavy atom. The van der Waals surface area contributed by atoms with Gasteiger partial charge in [0.25, 0.3) is 0 Å². The molecule has 2 aromatic rings. The first-order valence-electron chi connectivity index (χ1n) is 11.2. The molecule has 0 atom stereocenters. The Kier molecular flexibility index (Phi) is 6.26. The number of benzene rings is 2. The van der Waals surface area contributed by atoms with E-state index in [4.69, 9.17) is 5.11 Å². The van der Waals surface area contributed by atoms with Gasteiger partial charge in [0.2, 0.25) is 0 Å². The highest BCUT2D eigenvalue weighted by atomic mass is 16.4. The van der Waals surface area contributed by atoms with E-state index in [1.165, 1.54) is 41.5 Å². The Balaban J connectivity index is 2.04. The Morgan fingerprint density at radius 3 is 2.07 bits per heavy atom. The number of rotatable bonds is 6. The smallest absolute Gasteiger partial charge is 0.335 e. The van der Waals surface area contributed by atoms with E-state index in [1.807, 2.05) is 12.1 Å². The first kappa shape index (κ1) is 22.3. The zero-order valence-corrected chi connectivity index (χ0v) is 19.4. The van der Waals surface area contributed by atoms with Crippen molar-refractivity contribution in [3.63, 3.8) is 0 Å². The normalized spacial score (nSPS) is 17.3. The van der Waals surface area contributed by atoms with E-state index in [-0.39, 0.29) is 10.8 Å². The van der Waals surface area contributed by atoms with Crippen molar-refractivity contribution in [3.05, 3.63) is 69.8 Å².